The zero-order valence-electron chi connectivity index (χ0n) is 12.7. The molecule has 0 atom stereocenters. The zero-order chi connectivity index (χ0) is 16.4. The highest BCUT2D eigenvalue weighted by Crippen LogP contribution is 2.25. The van der Waals surface area contributed by atoms with Crippen LogP contribution >= 0.6 is 0 Å². The summed E-state index contributed by atoms with van der Waals surface area (Å²) in [5, 5.41) is 2.61. The van der Waals surface area contributed by atoms with Gasteiger partial charge >= 0.3 is 0 Å². The van der Waals surface area contributed by atoms with E-state index in [0.717, 1.165) is 36.1 Å². The van der Waals surface area contributed by atoms with Crippen molar-refractivity contribution in [2.45, 2.75) is 31.1 Å². The van der Waals surface area contributed by atoms with E-state index in [1.165, 1.54) is 18.5 Å². The van der Waals surface area contributed by atoms with E-state index in [4.69, 9.17) is 0 Å². The van der Waals surface area contributed by atoms with Crippen LogP contribution in [0.3, 0.4) is 0 Å². The smallest absolute Gasteiger partial charge is 0.241 e. The monoisotopic (exact) mass is 331 g/mol. The molecule has 1 heterocycles. The lowest BCUT2D eigenvalue weighted by Crippen LogP contribution is -2.24. The second kappa shape index (κ2) is 6.08. The van der Waals surface area contributed by atoms with Crippen molar-refractivity contribution in [3.05, 3.63) is 47.4 Å². The van der Waals surface area contributed by atoms with Crippen LogP contribution < -0.4 is 5.32 Å². The predicted molar refractivity (Wildman–Crippen MR) is 85.9 cm³/mol. The van der Waals surface area contributed by atoms with Crippen LogP contribution in [-0.4, -0.2) is 30.0 Å². The van der Waals surface area contributed by atoms with E-state index >= 15 is 0 Å². The first-order chi connectivity index (χ1) is 11.0. The molecule has 23 heavy (non-hydrogen) atoms. The largest absolute Gasteiger partial charge is 0.309 e. The first-order valence-electron chi connectivity index (χ1n) is 7.38. The average Bonchev–Trinajstić information content (AvgIpc) is 2.96. The van der Waals surface area contributed by atoms with Crippen molar-refractivity contribution in [1.82, 2.24) is 9.97 Å². The molecule has 1 N–H and O–H groups in total. The quantitative estimate of drug-likeness (QED) is 0.921. The van der Waals surface area contributed by atoms with Gasteiger partial charge in [-0.15, -0.1) is 0 Å². The van der Waals surface area contributed by atoms with E-state index in [1.807, 2.05) is 6.92 Å². The number of anilines is 1. The highest BCUT2D eigenvalue weighted by atomic mass is 32.2. The van der Waals surface area contributed by atoms with E-state index in [9.17, 15) is 13.2 Å². The third kappa shape index (κ3) is 3.39. The lowest BCUT2D eigenvalue weighted by atomic mass is 10.2. The van der Waals surface area contributed by atoms with Crippen LogP contribution in [0.1, 0.15) is 23.2 Å². The maximum Gasteiger partial charge on any atom is 0.241 e. The highest BCUT2D eigenvalue weighted by Gasteiger charge is 2.22. The number of sulfone groups is 1. The number of benzene rings is 1. The van der Waals surface area contributed by atoms with Gasteiger partial charge in [0, 0.05) is 11.3 Å². The summed E-state index contributed by atoms with van der Waals surface area (Å²) in [6.45, 7) is 1.87. The molecule has 1 amide bonds. The summed E-state index contributed by atoms with van der Waals surface area (Å²) in [6, 6.07) is 6.45. The highest BCUT2D eigenvalue weighted by molar-refractivity contribution is 7.92. The van der Waals surface area contributed by atoms with E-state index in [-0.39, 0.29) is 4.90 Å². The molecule has 1 aromatic heterocycles. The van der Waals surface area contributed by atoms with Crippen molar-refractivity contribution >= 4 is 21.6 Å². The fraction of sp³-hybridized carbons (Fsp3) is 0.312. The Bertz CT molecular complexity index is 845. The molecule has 120 valence electrons. The third-order valence-electron chi connectivity index (χ3n) is 3.83. The van der Waals surface area contributed by atoms with Crippen molar-refractivity contribution in [1.29, 1.82) is 0 Å². The van der Waals surface area contributed by atoms with Gasteiger partial charge in [0.15, 0.2) is 9.84 Å². The van der Waals surface area contributed by atoms with E-state index in [1.54, 1.807) is 12.1 Å². The lowest BCUT2D eigenvalue weighted by Gasteiger charge is -2.09. The van der Waals surface area contributed by atoms with E-state index < -0.39 is 21.5 Å². The number of nitrogens with one attached hydrogen (secondary N) is 1. The summed E-state index contributed by atoms with van der Waals surface area (Å²) in [7, 11) is -3.67. The number of nitrogens with zero attached hydrogens (tertiary/aromatic N) is 2. The molecule has 2 aromatic rings. The van der Waals surface area contributed by atoms with Gasteiger partial charge in [0.1, 0.15) is 17.9 Å². The molecule has 1 aromatic carbocycles. The molecule has 0 unspecified atom stereocenters. The van der Waals surface area contributed by atoms with Gasteiger partial charge in [-0.1, -0.05) is 17.7 Å². The fourth-order valence-corrected chi connectivity index (χ4v) is 3.77. The van der Waals surface area contributed by atoms with Crippen LogP contribution in [0.2, 0.25) is 0 Å². The topological polar surface area (TPSA) is 89.0 Å². The summed E-state index contributed by atoms with van der Waals surface area (Å²) in [6.07, 6.45) is 4.03. The van der Waals surface area contributed by atoms with Crippen molar-refractivity contribution < 1.29 is 13.2 Å². The van der Waals surface area contributed by atoms with Crippen LogP contribution in [0, 0.1) is 6.92 Å². The minimum absolute atomic E-state index is 0.145. The summed E-state index contributed by atoms with van der Waals surface area (Å²) in [5.41, 5.74) is 2.80. The Morgan fingerprint density at radius 2 is 1.91 bits per heavy atom. The summed E-state index contributed by atoms with van der Waals surface area (Å²) < 4.78 is 24.6. The molecule has 0 saturated carbocycles. The molecule has 1 aliphatic rings. The van der Waals surface area contributed by atoms with Crippen LogP contribution in [0.4, 0.5) is 5.82 Å². The number of hydrogen-bond acceptors (Lipinski definition) is 5. The number of carbonyl (C=O) groups excluding carboxylic acids is 1. The number of hydrogen-bond donors (Lipinski definition) is 1. The zero-order valence-corrected chi connectivity index (χ0v) is 13.6. The van der Waals surface area contributed by atoms with Crippen molar-refractivity contribution in [2.75, 3.05) is 11.1 Å². The Morgan fingerprint density at radius 3 is 2.65 bits per heavy atom. The normalized spacial score (nSPS) is 13.6. The van der Waals surface area contributed by atoms with Gasteiger partial charge < -0.3 is 5.32 Å². The Morgan fingerprint density at radius 1 is 1.17 bits per heavy atom. The maximum atomic E-state index is 12.3. The number of aryl methyl sites for hydroxylation is 2. The van der Waals surface area contributed by atoms with Gasteiger partial charge in [-0.25, -0.2) is 18.4 Å². The van der Waals surface area contributed by atoms with Gasteiger partial charge in [-0.05, 0) is 38.3 Å². The van der Waals surface area contributed by atoms with Crippen molar-refractivity contribution in [3.8, 4) is 0 Å². The summed E-state index contributed by atoms with van der Waals surface area (Å²) >= 11 is 0. The fourth-order valence-electron chi connectivity index (χ4n) is 2.64. The number of fused-ring (bicyclic) bond motifs is 1. The Labute approximate surface area is 134 Å². The molecule has 3 rings (SSSR count). The predicted octanol–water partition coefficient (Wildman–Crippen LogP) is 1.69. The van der Waals surface area contributed by atoms with Gasteiger partial charge in [0.05, 0.1) is 4.90 Å². The van der Waals surface area contributed by atoms with Crippen LogP contribution in [0.15, 0.2) is 35.5 Å². The van der Waals surface area contributed by atoms with E-state index in [2.05, 4.69) is 15.3 Å². The van der Waals surface area contributed by atoms with Gasteiger partial charge in [-0.3, -0.25) is 4.79 Å². The van der Waals surface area contributed by atoms with Gasteiger partial charge in [-0.2, -0.15) is 0 Å². The number of amides is 1. The molecule has 0 spiro atoms. The molecule has 0 bridgehead atoms. The lowest BCUT2D eigenvalue weighted by molar-refractivity contribution is -0.113. The Balaban J connectivity index is 1.75. The summed E-state index contributed by atoms with van der Waals surface area (Å²) in [5.74, 6) is -0.760. The Hall–Kier alpha value is -2.28. The first kappa shape index (κ1) is 15.6. The molecule has 0 saturated heterocycles. The minimum atomic E-state index is -3.67. The van der Waals surface area contributed by atoms with Crippen LogP contribution in [0.5, 0.6) is 0 Å². The molecular weight excluding hydrogens is 314 g/mol. The molecule has 6 nitrogen and oxygen atoms in total. The SMILES string of the molecule is Cc1ccc(S(=O)(=O)CC(=O)Nc2ncnc3c2CCC3)cc1. The summed E-state index contributed by atoms with van der Waals surface area (Å²) in [4.78, 5) is 20.5. The standard InChI is InChI=1S/C16H17N3O3S/c1-11-5-7-12(8-6-11)23(21,22)9-15(20)19-16-13-3-2-4-14(13)17-10-18-16/h5-8,10H,2-4,9H2,1H3,(H,17,18,19,20). The average molecular weight is 331 g/mol. The van der Waals surface area contributed by atoms with Gasteiger partial charge in [0.25, 0.3) is 0 Å². The molecule has 0 fully saturated rings. The maximum absolute atomic E-state index is 12.3. The van der Waals surface area contributed by atoms with E-state index in [0.29, 0.717) is 5.82 Å². The third-order valence-corrected chi connectivity index (χ3v) is 5.47. The first-order valence-corrected chi connectivity index (χ1v) is 9.03. The molecule has 0 radical (unpaired) electrons. The van der Waals surface area contributed by atoms with Crippen molar-refractivity contribution in [2.24, 2.45) is 0 Å². The Kier molecular flexibility index (Phi) is 4.12. The van der Waals surface area contributed by atoms with Crippen molar-refractivity contribution in [3.63, 3.8) is 0 Å². The second-order valence-electron chi connectivity index (χ2n) is 5.62. The number of aromatic nitrogens is 2. The van der Waals surface area contributed by atoms with Crippen LogP contribution in [0.25, 0.3) is 0 Å². The molecule has 0 aliphatic heterocycles. The minimum Gasteiger partial charge on any atom is -0.309 e. The second-order valence-corrected chi connectivity index (χ2v) is 7.61. The van der Waals surface area contributed by atoms with Gasteiger partial charge in [0.2, 0.25) is 5.91 Å². The number of rotatable bonds is 4. The molecule has 7 heteroatoms. The molecular formula is C16H17N3O3S. The molecule has 1 aliphatic carbocycles. The van der Waals surface area contributed by atoms with Crippen LogP contribution in [-0.2, 0) is 27.5 Å². The number of carbonyl (C=O) groups is 1.